The van der Waals surface area contributed by atoms with Gasteiger partial charge < -0.3 is 5.32 Å². The molecular weight excluding hydrogens is 194 g/mol. The second-order valence-electron chi connectivity index (χ2n) is 4.23. The van der Waals surface area contributed by atoms with Gasteiger partial charge in [0.05, 0.1) is 0 Å². The van der Waals surface area contributed by atoms with Crippen molar-refractivity contribution in [1.82, 2.24) is 5.32 Å². The molecular formula is C15H23N. The van der Waals surface area contributed by atoms with Crippen LogP contribution in [0.15, 0.2) is 35.3 Å². The predicted octanol–water partition coefficient (Wildman–Crippen LogP) is 3.74. The molecule has 0 amide bonds. The Morgan fingerprint density at radius 2 is 1.94 bits per heavy atom. The summed E-state index contributed by atoms with van der Waals surface area (Å²) in [4.78, 5) is 0. The number of rotatable bonds is 9. The van der Waals surface area contributed by atoms with Crippen molar-refractivity contribution in [3.8, 4) is 0 Å². The van der Waals surface area contributed by atoms with Crippen LogP contribution in [-0.4, -0.2) is 13.1 Å². The fourth-order valence-electron chi connectivity index (χ4n) is 1.72. The smallest absolute Gasteiger partial charge is 0.00240 e. The SMILES string of the molecule is CCCCCNCCCCC1=C=C=CC=C1. The van der Waals surface area contributed by atoms with Gasteiger partial charge in [0.2, 0.25) is 0 Å². The molecule has 88 valence electrons. The van der Waals surface area contributed by atoms with Gasteiger partial charge in [-0.05, 0) is 44.8 Å². The fourth-order valence-corrected chi connectivity index (χ4v) is 1.72. The van der Waals surface area contributed by atoms with Gasteiger partial charge >= 0.3 is 0 Å². The monoisotopic (exact) mass is 217 g/mol. The molecule has 0 saturated carbocycles. The minimum Gasteiger partial charge on any atom is -0.317 e. The van der Waals surface area contributed by atoms with Crippen LogP contribution in [0.4, 0.5) is 0 Å². The standard InChI is InChI=1S/C15H23N/c1-2-3-8-13-16-14-9-7-12-15-10-5-4-6-11-15/h4-5,10,16H,2-3,7-9,12-14H2,1H3. The van der Waals surface area contributed by atoms with Crippen LogP contribution >= 0.6 is 0 Å². The molecule has 0 atom stereocenters. The zero-order valence-corrected chi connectivity index (χ0v) is 10.4. The van der Waals surface area contributed by atoms with Gasteiger partial charge in [-0.25, -0.2) is 0 Å². The highest BCUT2D eigenvalue weighted by atomic mass is 14.8. The number of unbranched alkanes of at least 4 members (excludes halogenated alkanes) is 3. The zero-order valence-electron chi connectivity index (χ0n) is 10.4. The third-order valence-corrected chi connectivity index (χ3v) is 2.72. The Kier molecular flexibility index (Phi) is 7.55. The summed E-state index contributed by atoms with van der Waals surface area (Å²) < 4.78 is 0. The van der Waals surface area contributed by atoms with Crippen LogP contribution in [0.5, 0.6) is 0 Å². The molecule has 0 aromatic heterocycles. The molecule has 1 nitrogen and oxygen atoms in total. The third-order valence-electron chi connectivity index (χ3n) is 2.72. The Hall–Kier alpha value is -1.00. The van der Waals surface area contributed by atoms with E-state index in [1.807, 2.05) is 12.2 Å². The predicted molar refractivity (Wildman–Crippen MR) is 70.5 cm³/mol. The van der Waals surface area contributed by atoms with Crippen molar-refractivity contribution in [1.29, 1.82) is 0 Å². The van der Waals surface area contributed by atoms with Gasteiger partial charge in [-0.2, -0.15) is 0 Å². The molecule has 1 rings (SSSR count). The maximum absolute atomic E-state index is 3.49. The first kappa shape index (κ1) is 13.1. The first-order valence-electron chi connectivity index (χ1n) is 6.51. The van der Waals surface area contributed by atoms with Crippen LogP contribution in [0.2, 0.25) is 0 Å². The van der Waals surface area contributed by atoms with Crippen molar-refractivity contribution in [2.45, 2.75) is 45.4 Å². The molecule has 0 aromatic rings. The van der Waals surface area contributed by atoms with E-state index in [0.717, 1.165) is 13.0 Å². The van der Waals surface area contributed by atoms with Crippen molar-refractivity contribution >= 4 is 0 Å². The van der Waals surface area contributed by atoms with E-state index >= 15 is 0 Å². The van der Waals surface area contributed by atoms with E-state index < -0.39 is 0 Å². The molecule has 0 bridgehead atoms. The highest BCUT2D eigenvalue weighted by Crippen LogP contribution is 2.08. The molecule has 1 aliphatic carbocycles. The Morgan fingerprint density at radius 3 is 2.62 bits per heavy atom. The highest BCUT2D eigenvalue weighted by molar-refractivity contribution is 5.25. The van der Waals surface area contributed by atoms with Gasteiger partial charge in [0.1, 0.15) is 0 Å². The Bertz CT molecular complexity index is 299. The summed E-state index contributed by atoms with van der Waals surface area (Å²) in [5, 5.41) is 3.49. The summed E-state index contributed by atoms with van der Waals surface area (Å²) >= 11 is 0. The Labute approximate surface area is 99.6 Å². The van der Waals surface area contributed by atoms with Gasteiger partial charge in [-0.3, -0.25) is 0 Å². The Balaban J connectivity index is 1.90. The lowest BCUT2D eigenvalue weighted by atomic mass is 10.1. The lowest BCUT2D eigenvalue weighted by Crippen LogP contribution is -2.16. The number of hydrogen-bond donors (Lipinski definition) is 1. The molecule has 0 radical (unpaired) electrons. The van der Waals surface area contributed by atoms with Crippen LogP contribution in [-0.2, 0) is 0 Å². The summed E-state index contributed by atoms with van der Waals surface area (Å²) in [5.74, 6) is 0. The molecule has 1 aliphatic rings. The minimum atomic E-state index is 1.13. The molecule has 16 heavy (non-hydrogen) atoms. The first-order valence-corrected chi connectivity index (χ1v) is 6.51. The normalized spacial score (nSPS) is 13.2. The zero-order chi connectivity index (χ0) is 11.5. The number of allylic oxidation sites excluding steroid dienone is 4. The summed E-state index contributed by atoms with van der Waals surface area (Å²) in [6, 6.07) is 0. The molecule has 0 unspecified atom stereocenters. The third kappa shape index (κ3) is 6.48. The van der Waals surface area contributed by atoms with Crippen molar-refractivity contribution < 1.29 is 0 Å². The summed E-state index contributed by atoms with van der Waals surface area (Å²) in [6.45, 7) is 4.58. The number of hydrogen-bond acceptors (Lipinski definition) is 1. The molecule has 0 fully saturated rings. The van der Waals surface area contributed by atoms with E-state index in [0.29, 0.717) is 0 Å². The van der Waals surface area contributed by atoms with E-state index in [2.05, 4.69) is 29.8 Å². The van der Waals surface area contributed by atoms with Crippen molar-refractivity contribution in [2.75, 3.05) is 13.1 Å². The van der Waals surface area contributed by atoms with E-state index in [9.17, 15) is 0 Å². The lowest BCUT2D eigenvalue weighted by Gasteiger charge is -2.04. The molecule has 0 heterocycles. The van der Waals surface area contributed by atoms with Crippen molar-refractivity contribution in [2.24, 2.45) is 0 Å². The van der Waals surface area contributed by atoms with Gasteiger partial charge in [0, 0.05) is 5.57 Å². The average Bonchev–Trinajstić information content (AvgIpc) is 2.34. The second kappa shape index (κ2) is 9.24. The van der Waals surface area contributed by atoms with E-state index in [4.69, 9.17) is 0 Å². The van der Waals surface area contributed by atoms with Gasteiger partial charge in [-0.1, -0.05) is 43.4 Å². The van der Waals surface area contributed by atoms with E-state index in [-0.39, 0.29) is 0 Å². The van der Waals surface area contributed by atoms with Gasteiger partial charge in [0.15, 0.2) is 0 Å². The molecule has 1 N–H and O–H groups in total. The summed E-state index contributed by atoms with van der Waals surface area (Å²) in [7, 11) is 0. The highest BCUT2D eigenvalue weighted by Gasteiger charge is 1.94. The van der Waals surface area contributed by atoms with Crippen LogP contribution in [0.3, 0.4) is 0 Å². The van der Waals surface area contributed by atoms with Crippen LogP contribution < -0.4 is 5.32 Å². The largest absolute Gasteiger partial charge is 0.317 e. The Morgan fingerprint density at radius 1 is 1.12 bits per heavy atom. The minimum absolute atomic E-state index is 1.13. The van der Waals surface area contributed by atoms with Crippen molar-refractivity contribution in [3.05, 3.63) is 35.3 Å². The van der Waals surface area contributed by atoms with Crippen LogP contribution in [0.25, 0.3) is 0 Å². The molecule has 0 saturated heterocycles. The van der Waals surface area contributed by atoms with E-state index in [1.54, 1.807) is 0 Å². The summed E-state index contributed by atoms with van der Waals surface area (Å²) in [5.41, 5.74) is 7.42. The lowest BCUT2D eigenvalue weighted by molar-refractivity contribution is 0.586. The quantitative estimate of drug-likeness (QED) is 0.458. The second-order valence-corrected chi connectivity index (χ2v) is 4.23. The maximum atomic E-state index is 3.49. The average molecular weight is 217 g/mol. The van der Waals surface area contributed by atoms with E-state index in [1.165, 1.54) is 44.2 Å². The summed E-state index contributed by atoms with van der Waals surface area (Å²) in [6.07, 6.45) is 13.7. The van der Waals surface area contributed by atoms with Gasteiger partial charge in [-0.15, -0.1) is 0 Å². The molecule has 0 aromatic carbocycles. The van der Waals surface area contributed by atoms with Crippen molar-refractivity contribution in [3.63, 3.8) is 0 Å². The number of nitrogens with one attached hydrogen (secondary N) is 1. The maximum Gasteiger partial charge on any atom is 0.00240 e. The van der Waals surface area contributed by atoms with Crippen LogP contribution in [0.1, 0.15) is 45.4 Å². The van der Waals surface area contributed by atoms with Gasteiger partial charge in [0.25, 0.3) is 0 Å². The molecule has 1 heteroatoms. The molecule has 0 aliphatic heterocycles. The topological polar surface area (TPSA) is 12.0 Å². The van der Waals surface area contributed by atoms with Crippen LogP contribution in [0, 0.1) is 0 Å². The molecule has 0 spiro atoms. The first-order chi connectivity index (χ1) is 7.93. The fraction of sp³-hybridized carbons (Fsp3) is 0.600.